The zero-order valence-electron chi connectivity index (χ0n) is 29.7. The summed E-state index contributed by atoms with van der Waals surface area (Å²) in [6.45, 7) is 8.32. The Morgan fingerprint density at radius 3 is 2.64 bits per heavy atom. The number of hydrogen-bond acceptors (Lipinski definition) is 10. The average Bonchev–Trinajstić information content (AvgIpc) is 3.53. The molecule has 12 heteroatoms. The number of ether oxygens (including phenoxy) is 2. The van der Waals surface area contributed by atoms with Crippen molar-refractivity contribution in [3.63, 3.8) is 0 Å². The summed E-state index contributed by atoms with van der Waals surface area (Å²) in [6.07, 6.45) is 13.7. The number of anilines is 1. The second-order valence-electron chi connectivity index (χ2n) is 15.2. The minimum Gasteiger partial charge on any atom is -0.491 e. The summed E-state index contributed by atoms with van der Waals surface area (Å²) in [6, 6.07) is 6.68. The molecule has 3 N–H and O–H groups in total. The summed E-state index contributed by atoms with van der Waals surface area (Å²) >= 11 is 0. The summed E-state index contributed by atoms with van der Waals surface area (Å²) < 4.78 is 12.5. The van der Waals surface area contributed by atoms with Crippen molar-refractivity contribution in [3.05, 3.63) is 46.9 Å². The van der Waals surface area contributed by atoms with Crippen molar-refractivity contribution in [2.24, 2.45) is 5.92 Å². The Labute approximate surface area is 296 Å². The van der Waals surface area contributed by atoms with Crippen LogP contribution in [0.4, 0.5) is 5.82 Å². The molecule has 2 aliphatic carbocycles. The number of nitrogens with one attached hydrogen (secondary N) is 2. The van der Waals surface area contributed by atoms with Gasteiger partial charge in [0.2, 0.25) is 5.91 Å². The van der Waals surface area contributed by atoms with Crippen molar-refractivity contribution in [2.75, 3.05) is 57.9 Å². The van der Waals surface area contributed by atoms with Gasteiger partial charge in [-0.2, -0.15) is 0 Å². The van der Waals surface area contributed by atoms with E-state index in [-0.39, 0.29) is 42.1 Å². The molecule has 2 amide bonds. The van der Waals surface area contributed by atoms with Gasteiger partial charge in [0.1, 0.15) is 36.3 Å². The molecule has 2 saturated heterocycles. The molecule has 2 atom stereocenters. The monoisotopic (exact) mass is 689 g/mol. The minimum absolute atomic E-state index is 0.0803. The van der Waals surface area contributed by atoms with Crippen molar-refractivity contribution in [1.82, 2.24) is 30.0 Å². The molecule has 2 aromatic rings. The Hall–Kier alpha value is -3.32. The lowest BCUT2D eigenvalue weighted by molar-refractivity contribution is -0.142. The average molecular weight is 690 g/mol. The van der Waals surface area contributed by atoms with Gasteiger partial charge in [-0.25, -0.2) is 9.97 Å². The number of likely N-dealkylation sites (tertiary alicyclic amines) is 1. The minimum atomic E-state index is -0.715. The summed E-state index contributed by atoms with van der Waals surface area (Å²) in [5.74, 6) is 1.49. The van der Waals surface area contributed by atoms with Crippen LogP contribution in [0.2, 0.25) is 0 Å². The molecule has 1 unspecified atom stereocenters. The first-order valence-corrected chi connectivity index (χ1v) is 19.1. The van der Waals surface area contributed by atoms with Crippen LogP contribution in [0.15, 0.2) is 24.5 Å². The number of benzene rings is 1. The van der Waals surface area contributed by atoms with E-state index in [1.807, 2.05) is 4.90 Å². The number of hydrogen-bond donors (Lipinski definition) is 3. The number of carbonyl (C=O) groups is 2. The smallest absolute Gasteiger partial charge is 0.270 e. The summed E-state index contributed by atoms with van der Waals surface area (Å²) in [5, 5.41) is 17.0. The highest BCUT2D eigenvalue weighted by Crippen LogP contribution is 2.33. The van der Waals surface area contributed by atoms with Gasteiger partial charge in [0.15, 0.2) is 0 Å². The maximum Gasteiger partial charge on any atom is 0.270 e. The molecule has 1 aromatic heterocycles. The number of aliphatic hydroxyl groups excluding tert-OH is 1. The zero-order valence-corrected chi connectivity index (χ0v) is 29.7. The van der Waals surface area contributed by atoms with E-state index < -0.39 is 6.10 Å². The standard InChI is InChI=1S/C38H55N7O5/c1-26-33-12-15-43(20-27(33)10-11-35(26)49-23-32-22-45(25-50-32)30-8-5-3-2-4-6-9-30)21-31(46)19-39-37(47)34-18-36(41-24-40-34)42-29-16-28(17-29)38(48)44-13-7-14-44/h10-11,18,24,28-32,46H,2-9,12-17,19-23,25H2,1H3,(H,39,47)(H,40,41,42)/t28?,29?,31-,32?/m0/s1. The van der Waals surface area contributed by atoms with E-state index in [0.717, 1.165) is 70.9 Å². The van der Waals surface area contributed by atoms with Crippen molar-refractivity contribution in [1.29, 1.82) is 0 Å². The van der Waals surface area contributed by atoms with Crippen LogP contribution in [0.25, 0.3) is 0 Å². The Kier molecular flexibility index (Phi) is 11.5. The number of nitrogens with zero attached hydrogens (tertiary/aromatic N) is 5. The van der Waals surface area contributed by atoms with Gasteiger partial charge in [0.05, 0.1) is 12.8 Å². The Morgan fingerprint density at radius 2 is 1.86 bits per heavy atom. The highest BCUT2D eigenvalue weighted by atomic mass is 16.5. The molecule has 0 radical (unpaired) electrons. The fourth-order valence-corrected chi connectivity index (χ4v) is 8.26. The van der Waals surface area contributed by atoms with Crippen LogP contribution in [0.3, 0.4) is 0 Å². The van der Waals surface area contributed by atoms with Crippen molar-refractivity contribution in [2.45, 2.75) is 108 Å². The van der Waals surface area contributed by atoms with Crippen molar-refractivity contribution in [3.8, 4) is 5.75 Å². The number of amides is 2. The molecule has 1 aromatic carbocycles. The third-order valence-electron chi connectivity index (χ3n) is 11.5. The largest absolute Gasteiger partial charge is 0.491 e. The van der Waals surface area contributed by atoms with Crippen LogP contribution < -0.4 is 15.4 Å². The van der Waals surface area contributed by atoms with Gasteiger partial charge < -0.3 is 30.1 Å². The lowest BCUT2D eigenvalue weighted by atomic mass is 9.79. The maximum absolute atomic E-state index is 12.9. The van der Waals surface area contributed by atoms with Gasteiger partial charge in [-0.1, -0.05) is 38.2 Å². The summed E-state index contributed by atoms with van der Waals surface area (Å²) in [5.41, 5.74) is 4.03. The fourth-order valence-electron chi connectivity index (χ4n) is 8.26. The maximum atomic E-state index is 12.9. The molecule has 7 rings (SSSR count). The first kappa shape index (κ1) is 35.1. The van der Waals surface area contributed by atoms with E-state index in [1.165, 1.54) is 68.0 Å². The quantitative estimate of drug-likeness (QED) is 0.304. The van der Waals surface area contributed by atoms with Gasteiger partial charge >= 0.3 is 0 Å². The molecule has 272 valence electrons. The predicted molar refractivity (Wildman–Crippen MR) is 190 cm³/mol. The molecule has 0 spiro atoms. The SMILES string of the molecule is Cc1c(OCC2CN(C3CCCCCCC3)CO2)ccc2c1CCN(C[C@@H](O)CNC(=O)c1cc(NC3CC(C(=O)N4CCC4)C3)ncn1)C2. The van der Waals surface area contributed by atoms with Crippen LogP contribution in [-0.2, 0) is 22.5 Å². The number of rotatable bonds is 12. The number of β-amino-alcohol motifs (C(OH)–C–C–N with tert-alkyl or cyclic N) is 1. The zero-order chi connectivity index (χ0) is 34.5. The van der Waals surface area contributed by atoms with Gasteiger partial charge in [-0.3, -0.25) is 19.4 Å². The topological polar surface area (TPSA) is 132 Å². The van der Waals surface area contributed by atoms with Crippen LogP contribution in [0.1, 0.15) is 91.4 Å². The molecule has 2 saturated carbocycles. The first-order chi connectivity index (χ1) is 24.4. The lowest BCUT2D eigenvalue weighted by Gasteiger charge is -2.41. The van der Waals surface area contributed by atoms with E-state index in [9.17, 15) is 14.7 Å². The molecular formula is C38H55N7O5. The van der Waals surface area contributed by atoms with Crippen LogP contribution in [-0.4, -0.2) is 118 Å². The highest BCUT2D eigenvalue weighted by molar-refractivity contribution is 5.92. The molecule has 3 aliphatic heterocycles. The van der Waals surface area contributed by atoms with Crippen molar-refractivity contribution >= 4 is 17.6 Å². The number of aliphatic hydroxyl groups is 1. The lowest BCUT2D eigenvalue weighted by Crippen LogP contribution is -2.50. The van der Waals surface area contributed by atoms with E-state index in [0.29, 0.717) is 25.0 Å². The second kappa shape index (κ2) is 16.4. The van der Waals surface area contributed by atoms with Gasteiger partial charge in [0, 0.05) is 69.9 Å². The predicted octanol–water partition coefficient (Wildman–Crippen LogP) is 3.51. The fraction of sp³-hybridized carbons (Fsp3) is 0.684. The van der Waals surface area contributed by atoms with Crippen LogP contribution in [0.5, 0.6) is 5.75 Å². The molecule has 4 heterocycles. The van der Waals surface area contributed by atoms with Gasteiger partial charge in [-0.05, 0) is 68.2 Å². The normalized spacial score (nSPS) is 25.4. The molecule has 50 heavy (non-hydrogen) atoms. The van der Waals surface area contributed by atoms with Gasteiger partial charge in [0.25, 0.3) is 5.91 Å². The van der Waals surface area contributed by atoms with Crippen LogP contribution in [0, 0.1) is 12.8 Å². The molecule has 5 aliphatic rings. The second-order valence-corrected chi connectivity index (χ2v) is 15.2. The van der Waals surface area contributed by atoms with Gasteiger partial charge in [-0.15, -0.1) is 0 Å². The Bertz CT molecular complexity index is 1470. The summed E-state index contributed by atoms with van der Waals surface area (Å²) in [7, 11) is 0. The molecule has 12 nitrogen and oxygen atoms in total. The highest BCUT2D eigenvalue weighted by Gasteiger charge is 2.38. The first-order valence-electron chi connectivity index (χ1n) is 19.1. The molecular weight excluding hydrogens is 634 g/mol. The number of carbonyl (C=O) groups excluding carboxylic acids is 2. The van der Waals surface area contributed by atoms with E-state index in [4.69, 9.17) is 9.47 Å². The summed E-state index contributed by atoms with van der Waals surface area (Å²) in [4.78, 5) is 40.4. The molecule has 4 fully saturated rings. The molecule has 0 bridgehead atoms. The van der Waals surface area contributed by atoms with Crippen molar-refractivity contribution < 1.29 is 24.2 Å². The Morgan fingerprint density at radius 1 is 1.06 bits per heavy atom. The van der Waals surface area contributed by atoms with E-state index in [2.05, 4.69) is 49.5 Å². The van der Waals surface area contributed by atoms with E-state index >= 15 is 0 Å². The van der Waals surface area contributed by atoms with E-state index in [1.54, 1.807) is 6.07 Å². The third-order valence-corrected chi connectivity index (χ3v) is 11.5. The number of fused-ring (bicyclic) bond motifs is 1. The number of aromatic nitrogens is 2. The Balaban J connectivity index is 0.823. The third kappa shape index (κ3) is 8.58. The van der Waals surface area contributed by atoms with Crippen LogP contribution >= 0.6 is 0 Å².